The molecule has 0 N–H and O–H groups in total. The van der Waals surface area contributed by atoms with Crippen molar-refractivity contribution in [2.24, 2.45) is 0 Å². The predicted octanol–water partition coefficient (Wildman–Crippen LogP) is 3.12. The van der Waals surface area contributed by atoms with Crippen molar-refractivity contribution in [1.82, 2.24) is 20.2 Å². The summed E-state index contributed by atoms with van der Waals surface area (Å²) in [6.45, 7) is 4.06. The van der Waals surface area contributed by atoms with E-state index >= 15 is 0 Å². The topological polar surface area (TPSA) is 87.0 Å². The van der Waals surface area contributed by atoms with Gasteiger partial charge in [-0.15, -0.1) is 5.10 Å². The number of ketones is 1. The molecule has 0 bridgehead atoms. The maximum Gasteiger partial charge on any atom is 0.338 e. The Bertz CT molecular complexity index is 936. The molecule has 0 aliphatic rings. The molecule has 0 saturated heterocycles. The lowest BCUT2D eigenvalue weighted by Crippen LogP contribution is -2.07. The molecule has 27 heavy (non-hydrogen) atoms. The number of hydrogen-bond donors (Lipinski definition) is 0. The van der Waals surface area contributed by atoms with Crippen LogP contribution in [0.5, 0.6) is 0 Å². The number of hydrogen-bond acceptors (Lipinski definition) is 7. The number of rotatable bonds is 7. The van der Waals surface area contributed by atoms with Gasteiger partial charge in [-0.2, -0.15) is 4.68 Å². The van der Waals surface area contributed by atoms with Crippen LogP contribution in [-0.2, 0) is 4.74 Å². The predicted molar refractivity (Wildman–Crippen MR) is 101 cm³/mol. The molecule has 8 heteroatoms. The van der Waals surface area contributed by atoms with Crippen molar-refractivity contribution in [1.29, 1.82) is 0 Å². The van der Waals surface area contributed by atoms with Gasteiger partial charge in [0.1, 0.15) is 0 Å². The first-order valence-electron chi connectivity index (χ1n) is 8.37. The van der Waals surface area contributed by atoms with Crippen LogP contribution < -0.4 is 0 Å². The van der Waals surface area contributed by atoms with E-state index < -0.39 is 5.97 Å². The number of carbonyl (C=O) groups is 2. The lowest BCUT2D eigenvalue weighted by Gasteiger charge is -2.05. The number of aryl methyl sites for hydroxylation is 1. The van der Waals surface area contributed by atoms with E-state index in [0.717, 1.165) is 11.3 Å². The summed E-state index contributed by atoms with van der Waals surface area (Å²) in [4.78, 5) is 24.1. The van der Waals surface area contributed by atoms with Gasteiger partial charge in [0, 0.05) is 5.56 Å². The third kappa shape index (κ3) is 4.59. The van der Waals surface area contributed by atoms with Gasteiger partial charge in [-0.05, 0) is 48.5 Å². The first-order valence-corrected chi connectivity index (χ1v) is 9.35. The van der Waals surface area contributed by atoms with Crippen LogP contribution in [0, 0.1) is 6.92 Å². The SMILES string of the molecule is CCOC(=O)c1ccc(C(=O)CSc2nnnn2-c2ccc(C)cc2)cc1. The molecule has 0 amide bonds. The van der Waals surface area contributed by atoms with E-state index in [9.17, 15) is 9.59 Å². The first-order chi connectivity index (χ1) is 13.1. The maximum atomic E-state index is 12.4. The summed E-state index contributed by atoms with van der Waals surface area (Å²) in [6.07, 6.45) is 0. The summed E-state index contributed by atoms with van der Waals surface area (Å²) in [6, 6.07) is 14.2. The van der Waals surface area contributed by atoms with Crippen LogP contribution in [0.1, 0.15) is 33.2 Å². The summed E-state index contributed by atoms with van der Waals surface area (Å²) in [5.74, 6) is -0.289. The monoisotopic (exact) mass is 382 g/mol. The van der Waals surface area contributed by atoms with Gasteiger partial charge in [0.05, 0.1) is 23.6 Å². The summed E-state index contributed by atoms with van der Waals surface area (Å²) >= 11 is 1.26. The van der Waals surface area contributed by atoms with E-state index in [1.54, 1.807) is 35.9 Å². The van der Waals surface area contributed by atoms with E-state index in [2.05, 4.69) is 15.5 Å². The molecular weight excluding hydrogens is 364 g/mol. The van der Waals surface area contributed by atoms with Crippen molar-refractivity contribution >= 4 is 23.5 Å². The van der Waals surface area contributed by atoms with Crippen molar-refractivity contribution in [3.05, 3.63) is 65.2 Å². The van der Waals surface area contributed by atoms with Crippen LogP contribution in [0.4, 0.5) is 0 Å². The number of nitrogens with zero attached hydrogens (tertiary/aromatic N) is 4. The van der Waals surface area contributed by atoms with E-state index in [0.29, 0.717) is 22.9 Å². The molecule has 0 fully saturated rings. The number of carbonyl (C=O) groups excluding carboxylic acids is 2. The summed E-state index contributed by atoms with van der Waals surface area (Å²) in [5, 5.41) is 12.2. The van der Waals surface area contributed by atoms with E-state index in [1.165, 1.54) is 11.8 Å². The van der Waals surface area contributed by atoms with Crippen LogP contribution in [0.3, 0.4) is 0 Å². The molecule has 0 unspecified atom stereocenters. The van der Waals surface area contributed by atoms with E-state index in [-0.39, 0.29) is 11.5 Å². The Kier molecular flexibility index (Phi) is 5.97. The van der Waals surface area contributed by atoms with Gasteiger partial charge in [-0.3, -0.25) is 4.79 Å². The number of esters is 1. The minimum Gasteiger partial charge on any atom is -0.462 e. The van der Waals surface area contributed by atoms with E-state index in [1.807, 2.05) is 31.2 Å². The molecule has 1 aromatic heterocycles. The molecule has 0 saturated carbocycles. The van der Waals surface area contributed by atoms with Gasteiger partial charge in [-0.1, -0.05) is 41.6 Å². The highest BCUT2D eigenvalue weighted by molar-refractivity contribution is 7.99. The highest BCUT2D eigenvalue weighted by atomic mass is 32.2. The number of ether oxygens (including phenoxy) is 1. The molecule has 0 spiro atoms. The van der Waals surface area contributed by atoms with Gasteiger partial charge >= 0.3 is 5.97 Å². The van der Waals surface area contributed by atoms with Gasteiger partial charge in [-0.25, -0.2) is 4.79 Å². The second kappa shape index (κ2) is 8.59. The molecule has 0 radical (unpaired) electrons. The Labute approximate surface area is 160 Å². The number of tetrazole rings is 1. The third-order valence-electron chi connectivity index (χ3n) is 3.77. The van der Waals surface area contributed by atoms with Crippen molar-refractivity contribution in [2.45, 2.75) is 19.0 Å². The van der Waals surface area contributed by atoms with Crippen molar-refractivity contribution < 1.29 is 14.3 Å². The second-order valence-electron chi connectivity index (χ2n) is 5.72. The fraction of sp³-hybridized carbons (Fsp3) is 0.211. The molecule has 3 rings (SSSR count). The van der Waals surface area contributed by atoms with Crippen molar-refractivity contribution in [3.63, 3.8) is 0 Å². The zero-order chi connectivity index (χ0) is 19.2. The number of aromatic nitrogens is 4. The normalized spacial score (nSPS) is 10.6. The highest BCUT2D eigenvalue weighted by Crippen LogP contribution is 2.20. The average Bonchev–Trinajstić information content (AvgIpc) is 3.15. The highest BCUT2D eigenvalue weighted by Gasteiger charge is 2.14. The maximum absolute atomic E-state index is 12.4. The summed E-state index contributed by atoms with van der Waals surface area (Å²) < 4.78 is 6.53. The Morgan fingerprint density at radius 2 is 1.70 bits per heavy atom. The minimum atomic E-state index is -0.400. The molecule has 1 heterocycles. The quantitative estimate of drug-likeness (QED) is 0.352. The van der Waals surface area contributed by atoms with Crippen LogP contribution in [0.25, 0.3) is 5.69 Å². The Morgan fingerprint density at radius 1 is 1.04 bits per heavy atom. The lowest BCUT2D eigenvalue weighted by molar-refractivity contribution is 0.0526. The molecule has 3 aromatic rings. The Morgan fingerprint density at radius 3 is 2.37 bits per heavy atom. The second-order valence-corrected chi connectivity index (χ2v) is 6.66. The zero-order valence-corrected chi connectivity index (χ0v) is 15.8. The fourth-order valence-electron chi connectivity index (χ4n) is 2.34. The number of benzene rings is 2. The minimum absolute atomic E-state index is 0.0751. The van der Waals surface area contributed by atoms with Crippen LogP contribution in [-0.4, -0.2) is 44.3 Å². The molecule has 0 atom stereocenters. The summed E-state index contributed by atoms with van der Waals surface area (Å²) in [5.41, 5.74) is 2.91. The van der Waals surface area contributed by atoms with Crippen LogP contribution in [0.15, 0.2) is 53.7 Å². The molecule has 0 aliphatic heterocycles. The average molecular weight is 382 g/mol. The van der Waals surface area contributed by atoms with Gasteiger partial charge in [0.2, 0.25) is 5.16 Å². The molecule has 0 aliphatic carbocycles. The van der Waals surface area contributed by atoms with Crippen LogP contribution in [0.2, 0.25) is 0 Å². The fourth-order valence-corrected chi connectivity index (χ4v) is 3.12. The largest absolute Gasteiger partial charge is 0.462 e. The van der Waals surface area contributed by atoms with Crippen LogP contribution >= 0.6 is 11.8 Å². The molecule has 138 valence electrons. The number of thioether (sulfide) groups is 1. The lowest BCUT2D eigenvalue weighted by atomic mass is 10.1. The smallest absolute Gasteiger partial charge is 0.338 e. The van der Waals surface area contributed by atoms with Gasteiger partial charge < -0.3 is 4.74 Å². The van der Waals surface area contributed by atoms with Gasteiger partial charge in [0.15, 0.2) is 5.78 Å². The first kappa shape index (κ1) is 18.8. The third-order valence-corrected chi connectivity index (χ3v) is 4.69. The molecule has 2 aromatic carbocycles. The zero-order valence-electron chi connectivity index (χ0n) is 15.0. The van der Waals surface area contributed by atoms with Gasteiger partial charge in [0.25, 0.3) is 0 Å². The molecule has 7 nitrogen and oxygen atoms in total. The standard InChI is InChI=1S/C19H18N4O3S/c1-3-26-18(25)15-8-6-14(7-9-15)17(24)12-27-19-20-21-22-23(19)16-10-4-13(2)5-11-16/h4-11H,3,12H2,1-2H3. The van der Waals surface area contributed by atoms with Crippen molar-refractivity contribution in [2.75, 3.05) is 12.4 Å². The number of Topliss-reactive ketones (excluding diaryl/α,β-unsaturated/α-hetero) is 1. The Balaban J connectivity index is 1.65. The van der Waals surface area contributed by atoms with E-state index in [4.69, 9.17) is 4.74 Å². The molecular formula is C19H18N4O3S. The van der Waals surface area contributed by atoms with Crippen molar-refractivity contribution in [3.8, 4) is 5.69 Å². The Hall–Kier alpha value is -3.00. The summed E-state index contributed by atoms with van der Waals surface area (Å²) in [7, 11) is 0.